The second-order valence-electron chi connectivity index (χ2n) is 9.35. The van der Waals surface area contributed by atoms with Gasteiger partial charge in [-0.2, -0.15) is 0 Å². The third-order valence-corrected chi connectivity index (χ3v) is 7.25. The van der Waals surface area contributed by atoms with E-state index in [0.717, 1.165) is 19.3 Å². The largest absolute Gasteiger partial charge is 0.495 e. The molecule has 0 aliphatic heterocycles. The summed E-state index contributed by atoms with van der Waals surface area (Å²) in [5.41, 5.74) is 0.0688. The first-order valence-corrected chi connectivity index (χ1v) is 11.3. The van der Waals surface area contributed by atoms with Gasteiger partial charge in [0, 0.05) is 10.4 Å². The summed E-state index contributed by atoms with van der Waals surface area (Å²) in [6, 6.07) is 4.83. The number of carbonyl (C=O) groups excluding carboxylic acids is 3. The fourth-order valence-corrected chi connectivity index (χ4v) is 6.21. The van der Waals surface area contributed by atoms with Crippen molar-refractivity contribution >= 4 is 35.1 Å². The molecule has 5 rings (SSSR count). The molecule has 8 heteroatoms. The van der Waals surface area contributed by atoms with Crippen molar-refractivity contribution in [3.63, 3.8) is 0 Å². The predicted molar refractivity (Wildman–Crippen MR) is 116 cm³/mol. The van der Waals surface area contributed by atoms with Crippen LogP contribution < -0.4 is 15.4 Å². The molecule has 0 heterocycles. The summed E-state index contributed by atoms with van der Waals surface area (Å²) in [6.45, 7) is 1.24. The standard InChI is InChI=1S/C23H29ClN2O5/c1-13(21(28)26-18-8-17(24)3-4-19(18)30-2)31-20(27)12-25-22(29)23-9-14-5-15(10-23)7-16(6-14)11-23/h3-4,8,13-16H,5-7,9-12H2,1-2H3,(H,25,29)(H,26,28)/t13-,14?,15?,16?,23?/m0/s1. The average molecular weight is 449 g/mol. The maximum Gasteiger partial charge on any atom is 0.326 e. The third-order valence-electron chi connectivity index (χ3n) is 7.01. The highest BCUT2D eigenvalue weighted by Gasteiger charge is 2.54. The van der Waals surface area contributed by atoms with Gasteiger partial charge in [0.2, 0.25) is 5.91 Å². The lowest BCUT2D eigenvalue weighted by Crippen LogP contribution is -2.54. The van der Waals surface area contributed by atoms with Crippen molar-refractivity contribution in [3.05, 3.63) is 23.2 Å². The Bertz CT molecular complexity index is 851. The van der Waals surface area contributed by atoms with Crippen LogP contribution in [-0.4, -0.2) is 37.5 Å². The molecule has 0 aromatic heterocycles. The van der Waals surface area contributed by atoms with Gasteiger partial charge in [-0.25, -0.2) is 0 Å². The molecule has 4 aliphatic rings. The Balaban J connectivity index is 1.27. The van der Waals surface area contributed by atoms with Gasteiger partial charge in [0.1, 0.15) is 12.3 Å². The van der Waals surface area contributed by atoms with Gasteiger partial charge in [0.05, 0.1) is 12.8 Å². The highest BCUT2D eigenvalue weighted by atomic mass is 35.5. The Hall–Kier alpha value is -2.28. The molecular weight excluding hydrogens is 420 g/mol. The Morgan fingerprint density at radius 1 is 1.13 bits per heavy atom. The normalized spacial score (nSPS) is 29.2. The summed E-state index contributed by atoms with van der Waals surface area (Å²) in [5.74, 6) is 1.20. The van der Waals surface area contributed by atoms with Crippen LogP contribution in [0.15, 0.2) is 18.2 Å². The molecule has 0 unspecified atom stereocenters. The lowest BCUT2D eigenvalue weighted by atomic mass is 9.49. The van der Waals surface area contributed by atoms with Crippen molar-refractivity contribution in [3.8, 4) is 5.75 Å². The Kier molecular flexibility index (Phi) is 6.15. The molecule has 168 valence electrons. The number of carbonyl (C=O) groups is 3. The molecule has 2 amide bonds. The fraction of sp³-hybridized carbons (Fsp3) is 0.609. The zero-order chi connectivity index (χ0) is 22.2. The number of amides is 2. The van der Waals surface area contributed by atoms with E-state index < -0.39 is 18.0 Å². The SMILES string of the molecule is COc1ccc(Cl)cc1NC(=O)[C@H](C)OC(=O)CNC(=O)C12CC3CC(CC(C3)C1)C2. The number of rotatable bonds is 7. The first kappa shape index (κ1) is 21.9. The number of benzene rings is 1. The maximum atomic E-state index is 12.9. The number of anilines is 1. The Labute approximate surface area is 187 Å². The molecule has 31 heavy (non-hydrogen) atoms. The smallest absolute Gasteiger partial charge is 0.326 e. The topological polar surface area (TPSA) is 93.7 Å². The minimum Gasteiger partial charge on any atom is -0.495 e. The van der Waals surface area contributed by atoms with Crippen LogP contribution >= 0.6 is 11.6 Å². The third kappa shape index (κ3) is 4.66. The lowest BCUT2D eigenvalue weighted by Gasteiger charge is -2.55. The van der Waals surface area contributed by atoms with E-state index in [-0.39, 0.29) is 17.9 Å². The maximum absolute atomic E-state index is 12.9. The summed E-state index contributed by atoms with van der Waals surface area (Å²) in [5, 5.41) is 5.86. The number of ether oxygens (including phenoxy) is 2. The van der Waals surface area contributed by atoms with Gasteiger partial charge in [-0.1, -0.05) is 11.6 Å². The van der Waals surface area contributed by atoms with E-state index in [2.05, 4.69) is 10.6 Å². The summed E-state index contributed by atoms with van der Waals surface area (Å²) in [4.78, 5) is 37.6. The first-order chi connectivity index (χ1) is 14.8. The molecule has 1 aromatic carbocycles. The van der Waals surface area contributed by atoms with E-state index >= 15 is 0 Å². The summed E-state index contributed by atoms with van der Waals surface area (Å²) >= 11 is 5.97. The van der Waals surface area contributed by atoms with Crippen LogP contribution in [0.3, 0.4) is 0 Å². The average Bonchev–Trinajstić information content (AvgIpc) is 2.71. The van der Waals surface area contributed by atoms with E-state index in [1.165, 1.54) is 33.3 Å². The van der Waals surface area contributed by atoms with Gasteiger partial charge < -0.3 is 20.1 Å². The number of halogens is 1. The summed E-state index contributed by atoms with van der Waals surface area (Å²) < 4.78 is 10.4. The highest BCUT2D eigenvalue weighted by molar-refractivity contribution is 6.31. The number of esters is 1. The molecule has 2 N–H and O–H groups in total. The van der Waals surface area contributed by atoms with Crippen molar-refractivity contribution in [2.45, 2.75) is 51.6 Å². The van der Waals surface area contributed by atoms with E-state index in [1.807, 2.05) is 0 Å². The van der Waals surface area contributed by atoms with Gasteiger partial charge in [-0.05, 0) is 81.4 Å². The van der Waals surface area contributed by atoms with Gasteiger partial charge in [0.15, 0.2) is 6.10 Å². The van der Waals surface area contributed by atoms with Gasteiger partial charge in [-0.3, -0.25) is 14.4 Å². The molecule has 4 bridgehead atoms. The van der Waals surface area contributed by atoms with Crippen LogP contribution in [0, 0.1) is 23.2 Å². The van der Waals surface area contributed by atoms with E-state index in [9.17, 15) is 14.4 Å². The highest BCUT2D eigenvalue weighted by Crippen LogP contribution is 2.60. The van der Waals surface area contributed by atoms with Crippen molar-refractivity contribution in [1.29, 1.82) is 0 Å². The van der Waals surface area contributed by atoms with Crippen molar-refractivity contribution in [2.75, 3.05) is 19.0 Å². The predicted octanol–water partition coefficient (Wildman–Crippen LogP) is 3.55. The quantitative estimate of drug-likeness (QED) is 0.622. The lowest BCUT2D eigenvalue weighted by molar-refractivity contribution is -0.155. The summed E-state index contributed by atoms with van der Waals surface area (Å²) in [6.07, 6.45) is 5.50. The van der Waals surface area contributed by atoms with E-state index in [0.29, 0.717) is 34.2 Å². The summed E-state index contributed by atoms with van der Waals surface area (Å²) in [7, 11) is 1.48. The number of hydrogen-bond acceptors (Lipinski definition) is 5. The van der Waals surface area contributed by atoms with Crippen molar-refractivity contribution in [1.82, 2.24) is 5.32 Å². The molecule has 4 saturated carbocycles. The Morgan fingerprint density at radius 3 is 2.32 bits per heavy atom. The van der Waals surface area contributed by atoms with Crippen molar-refractivity contribution in [2.24, 2.45) is 23.2 Å². The molecular formula is C23H29ClN2O5. The van der Waals surface area contributed by atoms with Crippen LogP contribution in [0.1, 0.15) is 45.4 Å². The second kappa shape index (κ2) is 8.69. The van der Waals surface area contributed by atoms with Crippen LogP contribution in [0.2, 0.25) is 5.02 Å². The minimum atomic E-state index is -1.03. The van der Waals surface area contributed by atoms with Crippen LogP contribution in [-0.2, 0) is 19.1 Å². The first-order valence-electron chi connectivity index (χ1n) is 10.9. The Morgan fingerprint density at radius 2 is 1.74 bits per heavy atom. The van der Waals surface area contributed by atoms with Crippen molar-refractivity contribution < 1.29 is 23.9 Å². The molecule has 0 radical (unpaired) electrons. The van der Waals surface area contributed by atoms with Gasteiger partial charge in [-0.15, -0.1) is 0 Å². The second-order valence-corrected chi connectivity index (χ2v) is 9.78. The zero-order valence-corrected chi connectivity index (χ0v) is 18.7. The van der Waals surface area contributed by atoms with Gasteiger partial charge >= 0.3 is 5.97 Å². The molecule has 1 aromatic rings. The monoisotopic (exact) mass is 448 g/mol. The number of hydrogen-bond donors (Lipinski definition) is 2. The molecule has 0 spiro atoms. The van der Waals surface area contributed by atoms with Crippen LogP contribution in [0.25, 0.3) is 0 Å². The molecule has 0 saturated heterocycles. The van der Waals surface area contributed by atoms with Gasteiger partial charge in [0.25, 0.3) is 5.91 Å². The number of nitrogens with one attached hydrogen (secondary N) is 2. The van der Waals surface area contributed by atoms with Crippen LogP contribution in [0.5, 0.6) is 5.75 Å². The molecule has 1 atom stereocenters. The van der Waals surface area contributed by atoms with E-state index in [4.69, 9.17) is 21.1 Å². The molecule has 4 aliphatic carbocycles. The number of methoxy groups -OCH3 is 1. The minimum absolute atomic E-state index is 0.0377. The fourth-order valence-electron chi connectivity index (χ4n) is 6.03. The van der Waals surface area contributed by atoms with E-state index in [1.54, 1.807) is 18.2 Å². The van der Waals surface area contributed by atoms with Crippen LogP contribution in [0.4, 0.5) is 5.69 Å². The zero-order valence-electron chi connectivity index (χ0n) is 17.9. The molecule has 4 fully saturated rings. The molecule has 7 nitrogen and oxygen atoms in total.